The second kappa shape index (κ2) is 11.6. The van der Waals surface area contributed by atoms with Crippen molar-refractivity contribution in [3.05, 3.63) is 187 Å². The van der Waals surface area contributed by atoms with Crippen molar-refractivity contribution in [1.82, 2.24) is 0 Å². The Morgan fingerprint density at radius 2 is 1.00 bits per heavy atom. The van der Waals surface area contributed by atoms with Gasteiger partial charge in [-0.25, -0.2) is 0 Å². The second-order valence-electron chi connectivity index (χ2n) is 14.9. The van der Waals surface area contributed by atoms with E-state index in [1.165, 1.54) is 33.4 Å². The highest BCUT2D eigenvalue weighted by molar-refractivity contribution is 6.25. The number of hydrogen-bond acceptors (Lipinski definition) is 3. The Morgan fingerprint density at radius 1 is 0.389 bits per heavy atom. The number of para-hydroxylation sites is 2. The van der Waals surface area contributed by atoms with Crippen LogP contribution in [-0.4, -0.2) is 0 Å². The van der Waals surface area contributed by atoms with Gasteiger partial charge in [-0.1, -0.05) is 129 Å². The summed E-state index contributed by atoms with van der Waals surface area (Å²) >= 11 is 0. The summed E-state index contributed by atoms with van der Waals surface area (Å²) < 4.78 is 12.7. The number of nitrogens with zero attached hydrogens (tertiary/aromatic N) is 1. The van der Waals surface area contributed by atoms with Gasteiger partial charge in [0.1, 0.15) is 22.3 Å². The normalized spacial score (nSPS) is 13.1. The number of benzene rings is 8. The lowest BCUT2D eigenvalue weighted by Crippen LogP contribution is -2.16. The zero-order chi connectivity index (χ0) is 36.0. The van der Waals surface area contributed by atoms with Gasteiger partial charge in [0.15, 0.2) is 0 Å². The van der Waals surface area contributed by atoms with Gasteiger partial charge in [-0.05, 0) is 99.6 Å². The van der Waals surface area contributed by atoms with Crippen LogP contribution in [0.5, 0.6) is 0 Å². The van der Waals surface area contributed by atoms with Crippen LogP contribution < -0.4 is 4.90 Å². The molecule has 0 radical (unpaired) electrons. The quantitative estimate of drug-likeness (QED) is 0.180. The third kappa shape index (κ3) is 4.55. The van der Waals surface area contributed by atoms with E-state index in [9.17, 15) is 0 Å². The molecule has 256 valence electrons. The first-order chi connectivity index (χ1) is 26.5. The van der Waals surface area contributed by atoms with Crippen molar-refractivity contribution in [2.24, 2.45) is 0 Å². The van der Waals surface area contributed by atoms with E-state index in [-0.39, 0.29) is 5.41 Å². The van der Waals surface area contributed by atoms with Gasteiger partial charge in [0.25, 0.3) is 0 Å². The molecule has 0 saturated carbocycles. The Kier molecular flexibility index (Phi) is 6.60. The lowest BCUT2D eigenvalue weighted by atomic mass is 9.82. The van der Waals surface area contributed by atoms with Crippen LogP contribution in [0.25, 0.3) is 77.3 Å². The molecular weight excluding hydrogens is 659 g/mol. The standard InChI is InChI=1S/C51H35NO2/c1-51(2)42-17-9-6-15-38(42)39-27-25-36(31-43(39)51)52(44-18-10-7-14-37(44)33-12-4-3-5-13-33)35-23-20-32(21-24-35)34-22-26-41-48(30-34)54-47-29-28-46-49(50(41)47)40-16-8-11-19-45(40)53-46/h3-31H,1-2H3. The summed E-state index contributed by atoms with van der Waals surface area (Å²) in [4.78, 5) is 2.41. The lowest BCUT2D eigenvalue weighted by molar-refractivity contribution is 0.660. The Balaban J connectivity index is 1.04. The van der Waals surface area contributed by atoms with Crippen LogP contribution in [0, 0.1) is 0 Å². The summed E-state index contributed by atoms with van der Waals surface area (Å²) in [6.45, 7) is 4.69. The summed E-state index contributed by atoms with van der Waals surface area (Å²) in [5.74, 6) is 0. The summed E-state index contributed by atoms with van der Waals surface area (Å²) in [7, 11) is 0. The highest BCUT2D eigenvalue weighted by Gasteiger charge is 2.36. The van der Waals surface area contributed by atoms with Gasteiger partial charge in [-0.3, -0.25) is 0 Å². The van der Waals surface area contributed by atoms with Crippen molar-refractivity contribution in [1.29, 1.82) is 0 Å². The van der Waals surface area contributed by atoms with Crippen molar-refractivity contribution in [2.75, 3.05) is 4.90 Å². The maximum atomic E-state index is 6.50. The van der Waals surface area contributed by atoms with Crippen LogP contribution >= 0.6 is 0 Å². The number of furan rings is 2. The first kappa shape index (κ1) is 30.8. The van der Waals surface area contributed by atoms with Gasteiger partial charge in [-0.2, -0.15) is 0 Å². The predicted molar refractivity (Wildman–Crippen MR) is 224 cm³/mol. The molecule has 2 aromatic heterocycles. The first-order valence-corrected chi connectivity index (χ1v) is 18.6. The van der Waals surface area contributed by atoms with Gasteiger partial charge in [0.2, 0.25) is 0 Å². The number of anilines is 3. The maximum absolute atomic E-state index is 6.50. The Labute approximate surface area is 313 Å². The van der Waals surface area contributed by atoms with Crippen molar-refractivity contribution < 1.29 is 8.83 Å². The molecule has 3 heteroatoms. The van der Waals surface area contributed by atoms with Gasteiger partial charge in [0, 0.05) is 43.9 Å². The minimum absolute atomic E-state index is 0.109. The molecule has 0 N–H and O–H groups in total. The predicted octanol–water partition coefficient (Wildman–Crippen LogP) is 14.6. The molecule has 3 nitrogen and oxygen atoms in total. The van der Waals surface area contributed by atoms with Crippen LogP contribution in [0.4, 0.5) is 17.1 Å². The van der Waals surface area contributed by atoms with E-state index in [2.05, 4.69) is 170 Å². The fourth-order valence-corrected chi connectivity index (χ4v) is 8.85. The molecule has 0 fully saturated rings. The molecule has 0 atom stereocenters. The van der Waals surface area contributed by atoms with Crippen LogP contribution in [0.15, 0.2) is 185 Å². The van der Waals surface area contributed by atoms with E-state index in [0.717, 1.165) is 72.1 Å². The van der Waals surface area contributed by atoms with Crippen LogP contribution in [0.2, 0.25) is 0 Å². The molecular formula is C51H35NO2. The van der Waals surface area contributed by atoms with E-state index >= 15 is 0 Å². The van der Waals surface area contributed by atoms with Crippen LogP contribution in [-0.2, 0) is 5.41 Å². The van der Waals surface area contributed by atoms with E-state index in [0.29, 0.717) is 0 Å². The third-order valence-corrected chi connectivity index (χ3v) is 11.5. The van der Waals surface area contributed by atoms with Gasteiger partial charge in [0.05, 0.1) is 5.69 Å². The zero-order valence-corrected chi connectivity index (χ0v) is 30.0. The van der Waals surface area contributed by atoms with Gasteiger partial charge in [-0.15, -0.1) is 0 Å². The minimum Gasteiger partial charge on any atom is -0.456 e. The van der Waals surface area contributed by atoms with E-state index in [4.69, 9.17) is 8.83 Å². The fraction of sp³-hybridized carbons (Fsp3) is 0.0588. The molecule has 1 aliphatic carbocycles. The molecule has 0 spiro atoms. The smallest absolute Gasteiger partial charge is 0.136 e. The fourth-order valence-electron chi connectivity index (χ4n) is 8.85. The summed E-state index contributed by atoms with van der Waals surface area (Å²) in [6.07, 6.45) is 0. The molecule has 0 amide bonds. The lowest BCUT2D eigenvalue weighted by Gasteiger charge is -2.30. The Hall–Kier alpha value is -6.84. The van der Waals surface area contributed by atoms with E-state index < -0.39 is 0 Å². The highest BCUT2D eigenvalue weighted by Crippen LogP contribution is 2.51. The van der Waals surface area contributed by atoms with Gasteiger partial charge < -0.3 is 13.7 Å². The second-order valence-corrected chi connectivity index (χ2v) is 14.9. The van der Waals surface area contributed by atoms with Gasteiger partial charge >= 0.3 is 0 Å². The van der Waals surface area contributed by atoms with Crippen molar-refractivity contribution in [3.63, 3.8) is 0 Å². The molecule has 8 aromatic carbocycles. The van der Waals surface area contributed by atoms with E-state index in [1.54, 1.807) is 0 Å². The molecule has 0 bridgehead atoms. The number of rotatable bonds is 5. The summed E-state index contributed by atoms with van der Waals surface area (Å²) in [5, 5.41) is 4.40. The van der Waals surface area contributed by atoms with Crippen molar-refractivity contribution in [2.45, 2.75) is 19.3 Å². The Bertz CT molecular complexity index is 3070. The average molecular weight is 694 g/mol. The SMILES string of the molecule is CC1(C)c2ccccc2-c2ccc(N(c3ccc(-c4ccc5c(c4)oc4ccc6oc7ccccc7c6c45)cc3)c3ccccc3-c3ccccc3)cc21. The van der Waals surface area contributed by atoms with E-state index in [1.807, 2.05) is 24.3 Å². The molecule has 54 heavy (non-hydrogen) atoms. The summed E-state index contributed by atoms with van der Waals surface area (Å²) in [5.41, 5.74) is 16.7. The molecule has 0 unspecified atom stereocenters. The molecule has 2 heterocycles. The monoisotopic (exact) mass is 693 g/mol. The van der Waals surface area contributed by atoms with Crippen molar-refractivity contribution >= 4 is 60.9 Å². The number of hydrogen-bond donors (Lipinski definition) is 0. The van der Waals surface area contributed by atoms with Crippen LogP contribution in [0.3, 0.4) is 0 Å². The Morgan fingerprint density at radius 3 is 1.81 bits per heavy atom. The first-order valence-electron chi connectivity index (χ1n) is 18.6. The largest absolute Gasteiger partial charge is 0.456 e. The third-order valence-electron chi connectivity index (χ3n) is 11.5. The molecule has 10 aromatic rings. The molecule has 0 saturated heterocycles. The molecule has 1 aliphatic rings. The topological polar surface area (TPSA) is 29.5 Å². The van der Waals surface area contributed by atoms with Crippen LogP contribution in [0.1, 0.15) is 25.0 Å². The highest BCUT2D eigenvalue weighted by atomic mass is 16.3. The summed E-state index contributed by atoms with van der Waals surface area (Å²) in [6, 6.07) is 63.0. The average Bonchev–Trinajstić information content (AvgIpc) is 3.86. The molecule has 0 aliphatic heterocycles. The maximum Gasteiger partial charge on any atom is 0.136 e. The van der Waals surface area contributed by atoms with Crippen molar-refractivity contribution in [3.8, 4) is 33.4 Å². The number of fused-ring (bicyclic) bond motifs is 10. The molecule has 11 rings (SSSR count). The minimum atomic E-state index is -0.109. The zero-order valence-electron chi connectivity index (χ0n) is 30.0.